The second-order valence-electron chi connectivity index (χ2n) is 4.26. The summed E-state index contributed by atoms with van der Waals surface area (Å²) in [4.78, 5) is 22.2. The molecule has 1 amide bonds. The van der Waals surface area contributed by atoms with Gasteiger partial charge in [-0.05, 0) is 20.8 Å². The summed E-state index contributed by atoms with van der Waals surface area (Å²) in [5.74, 6) is -1.74. The van der Waals surface area contributed by atoms with Gasteiger partial charge in [-0.3, -0.25) is 4.79 Å². The van der Waals surface area contributed by atoms with Crippen molar-refractivity contribution in [2.24, 2.45) is 0 Å². The van der Waals surface area contributed by atoms with Gasteiger partial charge < -0.3 is 20.3 Å². The van der Waals surface area contributed by atoms with Crippen molar-refractivity contribution < 1.29 is 24.5 Å². The van der Waals surface area contributed by atoms with E-state index < -0.39 is 29.6 Å². The molecule has 3 N–H and O–H groups in total. The van der Waals surface area contributed by atoms with E-state index >= 15 is 0 Å². The fourth-order valence-corrected chi connectivity index (χ4v) is 1.07. The van der Waals surface area contributed by atoms with E-state index in [1.54, 1.807) is 13.8 Å². The van der Waals surface area contributed by atoms with E-state index in [1.165, 1.54) is 14.0 Å². The van der Waals surface area contributed by atoms with E-state index in [0.29, 0.717) is 0 Å². The van der Waals surface area contributed by atoms with Crippen LogP contribution in [0, 0.1) is 0 Å². The van der Waals surface area contributed by atoms with Crippen molar-refractivity contribution in [2.45, 2.75) is 44.9 Å². The van der Waals surface area contributed by atoms with Gasteiger partial charge in [0.25, 0.3) is 0 Å². The van der Waals surface area contributed by atoms with Gasteiger partial charge in [0.2, 0.25) is 5.91 Å². The lowest BCUT2D eigenvalue weighted by Crippen LogP contribution is -2.49. The van der Waals surface area contributed by atoms with Crippen LogP contribution in [0.15, 0.2) is 0 Å². The summed E-state index contributed by atoms with van der Waals surface area (Å²) in [6.45, 7) is 4.73. The average molecular weight is 233 g/mol. The van der Waals surface area contributed by atoms with E-state index in [2.05, 4.69) is 5.32 Å². The highest BCUT2D eigenvalue weighted by atomic mass is 16.5. The Morgan fingerprint density at radius 3 is 2.25 bits per heavy atom. The van der Waals surface area contributed by atoms with Crippen LogP contribution in [0.5, 0.6) is 0 Å². The van der Waals surface area contributed by atoms with E-state index in [1.807, 2.05) is 0 Å². The predicted molar refractivity (Wildman–Crippen MR) is 57.0 cm³/mol. The summed E-state index contributed by atoms with van der Waals surface area (Å²) in [5, 5.41) is 20.1. The van der Waals surface area contributed by atoms with Gasteiger partial charge in [0.05, 0.1) is 18.1 Å². The van der Waals surface area contributed by atoms with Crippen molar-refractivity contribution in [3.05, 3.63) is 0 Å². The summed E-state index contributed by atoms with van der Waals surface area (Å²) in [5.41, 5.74) is -0.661. The maximum atomic E-state index is 11.5. The Kier molecular flexibility index (Phi) is 5.40. The first-order valence-corrected chi connectivity index (χ1v) is 4.95. The molecule has 2 atom stereocenters. The number of aliphatic hydroxyl groups excluding tert-OH is 1. The molecule has 0 heterocycles. The highest BCUT2D eigenvalue weighted by Gasteiger charge is 2.28. The van der Waals surface area contributed by atoms with Crippen molar-refractivity contribution in [2.75, 3.05) is 7.11 Å². The lowest BCUT2D eigenvalue weighted by molar-refractivity contribution is -0.145. The molecule has 0 aromatic rings. The summed E-state index contributed by atoms with van der Waals surface area (Å²) in [7, 11) is 1.47. The quantitative estimate of drug-likeness (QED) is 0.588. The number of carboxylic acids is 1. The van der Waals surface area contributed by atoms with Crippen LogP contribution in [-0.4, -0.2) is 46.9 Å². The van der Waals surface area contributed by atoms with Gasteiger partial charge in [0.1, 0.15) is 0 Å². The first-order chi connectivity index (χ1) is 7.19. The van der Waals surface area contributed by atoms with Crippen LogP contribution < -0.4 is 5.32 Å². The average Bonchev–Trinajstić information content (AvgIpc) is 2.12. The lowest BCUT2D eigenvalue weighted by Gasteiger charge is -2.24. The number of methoxy groups -OCH3 is 1. The minimum atomic E-state index is -1.29. The molecule has 0 bridgehead atoms. The number of carbonyl (C=O) groups excluding carboxylic acids is 1. The third-order valence-corrected chi connectivity index (χ3v) is 2.20. The number of carboxylic acid groups (broad SMARTS) is 1. The molecule has 0 saturated carbocycles. The van der Waals surface area contributed by atoms with E-state index in [9.17, 15) is 9.59 Å². The zero-order chi connectivity index (χ0) is 12.9. The van der Waals surface area contributed by atoms with Crippen LogP contribution in [-0.2, 0) is 14.3 Å². The molecular formula is C10H19NO5. The van der Waals surface area contributed by atoms with Crippen molar-refractivity contribution in [3.63, 3.8) is 0 Å². The SMILES string of the molecule is COC(C)(C)CC(=O)N[C@H](C(=O)O)[C@@H](C)O. The van der Waals surface area contributed by atoms with Crippen LogP contribution in [0.4, 0.5) is 0 Å². The van der Waals surface area contributed by atoms with Gasteiger partial charge in [0, 0.05) is 7.11 Å². The van der Waals surface area contributed by atoms with Crippen LogP contribution in [0.3, 0.4) is 0 Å². The summed E-state index contributed by atoms with van der Waals surface area (Å²) in [6.07, 6.45) is -1.12. The van der Waals surface area contributed by atoms with Gasteiger partial charge in [-0.25, -0.2) is 4.79 Å². The molecule has 6 nitrogen and oxygen atoms in total. The normalized spacial score (nSPS) is 15.3. The molecule has 94 valence electrons. The van der Waals surface area contributed by atoms with Crippen molar-refractivity contribution in [3.8, 4) is 0 Å². The van der Waals surface area contributed by atoms with Gasteiger partial charge in [-0.2, -0.15) is 0 Å². The Labute approximate surface area is 94.6 Å². The minimum Gasteiger partial charge on any atom is -0.480 e. The second-order valence-corrected chi connectivity index (χ2v) is 4.26. The minimum absolute atomic E-state index is 0.0278. The smallest absolute Gasteiger partial charge is 0.328 e. The van der Waals surface area contributed by atoms with E-state index in [-0.39, 0.29) is 6.42 Å². The number of nitrogens with one attached hydrogen (secondary N) is 1. The Bertz CT molecular complexity index is 262. The molecule has 0 spiro atoms. The Hall–Kier alpha value is -1.14. The Morgan fingerprint density at radius 1 is 1.44 bits per heavy atom. The molecule has 0 aromatic carbocycles. The summed E-state index contributed by atoms with van der Waals surface area (Å²) in [6, 6.07) is -1.29. The van der Waals surface area contributed by atoms with Crippen molar-refractivity contribution in [1.82, 2.24) is 5.32 Å². The highest BCUT2D eigenvalue weighted by Crippen LogP contribution is 2.12. The molecular weight excluding hydrogens is 214 g/mol. The number of carbonyl (C=O) groups is 2. The predicted octanol–water partition coefficient (Wildman–Crippen LogP) is -0.248. The lowest BCUT2D eigenvalue weighted by atomic mass is 10.0. The molecule has 0 rings (SSSR count). The van der Waals surface area contributed by atoms with Crippen molar-refractivity contribution in [1.29, 1.82) is 0 Å². The molecule has 0 aliphatic carbocycles. The monoisotopic (exact) mass is 233 g/mol. The number of amides is 1. The number of rotatable bonds is 6. The molecule has 0 saturated heterocycles. The number of aliphatic hydroxyl groups is 1. The first-order valence-electron chi connectivity index (χ1n) is 4.95. The Balaban J connectivity index is 4.37. The van der Waals surface area contributed by atoms with Crippen LogP contribution in [0.2, 0.25) is 0 Å². The van der Waals surface area contributed by atoms with Crippen molar-refractivity contribution >= 4 is 11.9 Å². The van der Waals surface area contributed by atoms with Gasteiger partial charge >= 0.3 is 5.97 Å². The number of hydrogen-bond acceptors (Lipinski definition) is 4. The largest absolute Gasteiger partial charge is 0.480 e. The van der Waals surface area contributed by atoms with Crippen LogP contribution in [0.25, 0.3) is 0 Å². The zero-order valence-corrected chi connectivity index (χ0v) is 9.98. The molecule has 0 aliphatic rings. The standard InChI is InChI=1S/C10H19NO5/c1-6(12)8(9(14)15)11-7(13)5-10(2,3)16-4/h6,8,12H,5H2,1-4H3,(H,11,13)(H,14,15)/t6-,8+/m1/s1. The Morgan fingerprint density at radius 2 is 1.94 bits per heavy atom. The van der Waals surface area contributed by atoms with E-state index in [4.69, 9.17) is 14.9 Å². The third-order valence-electron chi connectivity index (χ3n) is 2.20. The summed E-state index contributed by atoms with van der Waals surface area (Å²) >= 11 is 0. The van der Waals surface area contributed by atoms with Crippen LogP contribution >= 0.6 is 0 Å². The molecule has 0 fully saturated rings. The van der Waals surface area contributed by atoms with Crippen LogP contribution in [0.1, 0.15) is 27.2 Å². The highest BCUT2D eigenvalue weighted by molar-refractivity contribution is 5.84. The number of aliphatic carboxylic acids is 1. The molecule has 0 unspecified atom stereocenters. The zero-order valence-electron chi connectivity index (χ0n) is 9.98. The fraction of sp³-hybridized carbons (Fsp3) is 0.800. The van der Waals surface area contributed by atoms with Gasteiger partial charge in [-0.15, -0.1) is 0 Å². The number of hydrogen-bond donors (Lipinski definition) is 3. The molecule has 16 heavy (non-hydrogen) atoms. The fourth-order valence-electron chi connectivity index (χ4n) is 1.07. The second kappa shape index (κ2) is 5.81. The molecule has 6 heteroatoms. The summed E-state index contributed by atoms with van der Waals surface area (Å²) < 4.78 is 5.04. The van der Waals surface area contributed by atoms with Gasteiger partial charge in [-0.1, -0.05) is 0 Å². The topological polar surface area (TPSA) is 95.9 Å². The third kappa shape index (κ3) is 5.09. The molecule has 0 aromatic heterocycles. The maximum absolute atomic E-state index is 11.5. The van der Waals surface area contributed by atoms with Gasteiger partial charge in [0.15, 0.2) is 6.04 Å². The number of ether oxygens (including phenoxy) is 1. The first kappa shape index (κ1) is 14.9. The molecule has 0 radical (unpaired) electrons. The maximum Gasteiger partial charge on any atom is 0.328 e. The van der Waals surface area contributed by atoms with E-state index in [0.717, 1.165) is 0 Å². The molecule has 0 aliphatic heterocycles.